The summed E-state index contributed by atoms with van der Waals surface area (Å²) in [6.07, 6.45) is 1.53. The first-order valence-corrected chi connectivity index (χ1v) is 9.89. The first-order valence-electron chi connectivity index (χ1n) is 7.95. The summed E-state index contributed by atoms with van der Waals surface area (Å²) in [5, 5.41) is 10.3. The van der Waals surface area contributed by atoms with Gasteiger partial charge >= 0.3 is 6.03 Å². The predicted molar refractivity (Wildman–Crippen MR) is 102 cm³/mol. The average molecular weight is 383 g/mol. The van der Waals surface area contributed by atoms with Crippen LogP contribution in [0.4, 0.5) is 10.5 Å². The Kier molecular flexibility index (Phi) is 6.61. The minimum Gasteiger partial charge on any atom is -0.338 e. The number of benzene rings is 1. The van der Waals surface area contributed by atoms with Gasteiger partial charge in [0.05, 0.1) is 32.1 Å². The maximum atomic E-state index is 12.1. The van der Waals surface area contributed by atoms with E-state index in [9.17, 15) is 9.00 Å². The van der Waals surface area contributed by atoms with Crippen molar-refractivity contribution < 1.29 is 9.00 Å². The van der Waals surface area contributed by atoms with Gasteiger partial charge in [-0.2, -0.15) is 5.10 Å². The molecule has 2 rings (SSSR count). The van der Waals surface area contributed by atoms with Gasteiger partial charge in [-0.3, -0.25) is 8.89 Å². The summed E-state index contributed by atoms with van der Waals surface area (Å²) in [6.45, 7) is 7.23. The van der Waals surface area contributed by atoms with Crippen molar-refractivity contribution in [1.82, 2.24) is 15.1 Å². The maximum Gasteiger partial charge on any atom is 0.319 e. The van der Waals surface area contributed by atoms with E-state index in [1.165, 1.54) is 6.26 Å². The van der Waals surface area contributed by atoms with Crippen LogP contribution in [0.15, 0.2) is 29.2 Å². The SMILES string of the molecule is Cc1cc(C)n(C[C@H](C)CNC(=O)Nc2cccc(Cl)c2[S@](C)=O)n1. The van der Waals surface area contributed by atoms with Gasteiger partial charge in [-0.15, -0.1) is 0 Å². The smallest absolute Gasteiger partial charge is 0.319 e. The molecule has 0 spiro atoms. The molecular formula is C17H23ClN4O2S. The molecule has 2 aromatic rings. The van der Waals surface area contributed by atoms with Crippen LogP contribution in [0.2, 0.25) is 5.02 Å². The highest BCUT2D eigenvalue weighted by Crippen LogP contribution is 2.27. The van der Waals surface area contributed by atoms with Crippen LogP contribution in [0.1, 0.15) is 18.3 Å². The van der Waals surface area contributed by atoms with Gasteiger partial charge in [0.25, 0.3) is 0 Å². The average Bonchev–Trinajstić information content (AvgIpc) is 2.82. The van der Waals surface area contributed by atoms with Crippen molar-refractivity contribution in [2.75, 3.05) is 18.1 Å². The topological polar surface area (TPSA) is 76.0 Å². The Labute approximate surface area is 155 Å². The fraction of sp³-hybridized carbons (Fsp3) is 0.412. The largest absolute Gasteiger partial charge is 0.338 e. The molecule has 0 unspecified atom stereocenters. The van der Waals surface area contributed by atoms with E-state index in [1.54, 1.807) is 18.2 Å². The van der Waals surface area contributed by atoms with Crippen molar-refractivity contribution in [3.8, 4) is 0 Å². The fourth-order valence-electron chi connectivity index (χ4n) is 2.55. The molecule has 0 aliphatic rings. The molecule has 0 bridgehead atoms. The highest BCUT2D eigenvalue weighted by molar-refractivity contribution is 7.84. The van der Waals surface area contributed by atoms with Crippen molar-refractivity contribution in [1.29, 1.82) is 0 Å². The molecule has 0 fully saturated rings. The highest BCUT2D eigenvalue weighted by atomic mass is 35.5. The molecule has 0 aliphatic carbocycles. The Morgan fingerprint density at radius 2 is 2.12 bits per heavy atom. The molecule has 2 amide bonds. The lowest BCUT2D eigenvalue weighted by molar-refractivity contribution is 0.249. The van der Waals surface area contributed by atoms with E-state index in [0.29, 0.717) is 22.2 Å². The van der Waals surface area contributed by atoms with E-state index in [-0.39, 0.29) is 11.9 Å². The fourth-order valence-corrected chi connectivity index (χ4v) is 3.82. The molecule has 2 atom stereocenters. The first-order chi connectivity index (χ1) is 11.8. The standard InChI is InChI=1S/C17H23ClN4O2S/c1-11(10-22-13(3)8-12(2)21-22)9-19-17(23)20-15-7-5-6-14(18)16(15)25(4)24/h5-8,11H,9-10H2,1-4H3,(H2,19,20,23)/t11-,25+/m1/s1. The molecule has 25 heavy (non-hydrogen) atoms. The van der Waals surface area contributed by atoms with Gasteiger partial charge in [-0.25, -0.2) is 4.79 Å². The number of nitrogens with zero attached hydrogens (tertiary/aromatic N) is 2. The van der Waals surface area contributed by atoms with Crippen LogP contribution in [-0.4, -0.2) is 32.8 Å². The Bertz CT molecular complexity index is 791. The van der Waals surface area contributed by atoms with Crippen LogP contribution in [-0.2, 0) is 17.3 Å². The molecule has 0 saturated heterocycles. The molecule has 1 aromatic carbocycles. The molecule has 136 valence electrons. The third-order valence-corrected chi connectivity index (χ3v) is 5.14. The minimum atomic E-state index is -1.29. The van der Waals surface area contributed by atoms with Crippen LogP contribution < -0.4 is 10.6 Å². The molecule has 1 aromatic heterocycles. The number of aryl methyl sites for hydroxylation is 2. The van der Waals surface area contributed by atoms with Crippen molar-refractivity contribution in [2.45, 2.75) is 32.2 Å². The summed E-state index contributed by atoms with van der Waals surface area (Å²) in [5.74, 6) is 0.211. The van der Waals surface area contributed by atoms with Crippen LogP contribution in [0.5, 0.6) is 0 Å². The number of carbonyl (C=O) groups is 1. The number of urea groups is 1. The van der Waals surface area contributed by atoms with E-state index in [2.05, 4.69) is 15.7 Å². The maximum absolute atomic E-state index is 12.1. The van der Waals surface area contributed by atoms with E-state index < -0.39 is 10.8 Å². The lowest BCUT2D eigenvalue weighted by Gasteiger charge is -2.15. The molecule has 0 aliphatic heterocycles. The Hall–Kier alpha value is -1.86. The van der Waals surface area contributed by atoms with E-state index >= 15 is 0 Å². The summed E-state index contributed by atoms with van der Waals surface area (Å²) in [7, 11) is -1.29. The number of nitrogens with one attached hydrogen (secondary N) is 2. The number of aromatic nitrogens is 2. The normalized spacial score (nSPS) is 13.3. The third kappa shape index (κ3) is 5.31. The summed E-state index contributed by atoms with van der Waals surface area (Å²) in [5.41, 5.74) is 2.54. The first kappa shape index (κ1) is 19.5. The number of hydrogen-bond donors (Lipinski definition) is 2. The molecule has 0 saturated carbocycles. The number of amides is 2. The highest BCUT2D eigenvalue weighted by Gasteiger charge is 2.14. The Balaban J connectivity index is 1.92. The molecule has 1 heterocycles. The van der Waals surface area contributed by atoms with Crippen LogP contribution >= 0.6 is 11.6 Å². The summed E-state index contributed by atoms with van der Waals surface area (Å²) >= 11 is 6.07. The van der Waals surface area contributed by atoms with Gasteiger partial charge in [-0.05, 0) is 38.0 Å². The van der Waals surface area contributed by atoms with Crippen molar-refractivity contribution in [3.63, 3.8) is 0 Å². The second-order valence-electron chi connectivity index (χ2n) is 6.12. The van der Waals surface area contributed by atoms with E-state index in [1.807, 2.05) is 31.5 Å². The number of rotatable bonds is 6. The Morgan fingerprint density at radius 3 is 2.72 bits per heavy atom. The van der Waals surface area contributed by atoms with Gasteiger partial charge in [0, 0.05) is 25.0 Å². The summed E-state index contributed by atoms with van der Waals surface area (Å²) in [4.78, 5) is 12.6. The second-order valence-corrected chi connectivity index (χ2v) is 7.84. The summed E-state index contributed by atoms with van der Waals surface area (Å²) < 4.78 is 13.8. The zero-order valence-electron chi connectivity index (χ0n) is 14.8. The number of anilines is 1. The van der Waals surface area contributed by atoms with E-state index in [0.717, 1.165) is 17.9 Å². The van der Waals surface area contributed by atoms with Crippen LogP contribution in [0.3, 0.4) is 0 Å². The number of halogens is 1. The molecule has 0 radical (unpaired) electrons. The third-order valence-electron chi connectivity index (χ3n) is 3.70. The zero-order chi connectivity index (χ0) is 18.6. The molecular weight excluding hydrogens is 360 g/mol. The quantitative estimate of drug-likeness (QED) is 0.804. The number of hydrogen-bond acceptors (Lipinski definition) is 3. The number of carbonyl (C=O) groups excluding carboxylic acids is 1. The van der Waals surface area contributed by atoms with Crippen molar-refractivity contribution in [3.05, 3.63) is 40.7 Å². The van der Waals surface area contributed by atoms with Crippen molar-refractivity contribution in [2.24, 2.45) is 5.92 Å². The van der Waals surface area contributed by atoms with Crippen molar-refractivity contribution >= 4 is 34.1 Å². The van der Waals surface area contributed by atoms with Crippen LogP contribution in [0.25, 0.3) is 0 Å². The van der Waals surface area contributed by atoms with Gasteiger partial charge < -0.3 is 10.6 Å². The van der Waals surface area contributed by atoms with Gasteiger partial charge in [0.15, 0.2) is 0 Å². The van der Waals surface area contributed by atoms with Gasteiger partial charge in [-0.1, -0.05) is 24.6 Å². The summed E-state index contributed by atoms with van der Waals surface area (Å²) in [6, 6.07) is 6.71. The lowest BCUT2D eigenvalue weighted by Crippen LogP contribution is -2.34. The molecule has 2 N–H and O–H groups in total. The Morgan fingerprint density at radius 1 is 1.40 bits per heavy atom. The monoisotopic (exact) mass is 382 g/mol. The lowest BCUT2D eigenvalue weighted by atomic mass is 10.2. The van der Waals surface area contributed by atoms with Gasteiger partial charge in [0.1, 0.15) is 0 Å². The molecule has 6 nitrogen and oxygen atoms in total. The molecule has 8 heteroatoms. The second kappa shape index (κ2) is 8.49. The van der Waals surface area contributed by atoms with Gasteiger partial charge in [0.2, 0.25) is 0 Å². The van der Waals surface area contributed by atoms with E-state index in [4.69, 9.17) is 11.6 Å². The zero-order valence-corrected chi connectivity index (χ0v) is 16.4. The van der Waals surface area contributed by atoms with Crippen LogP contribution in [0, 0.1) is 19.8 Å². The predicted octanol–water partition coefficient (Wildman–Crippen LogP) is 3.35. The minimum absolute atomic E-state index is 0.211.